The van der Waals surface area contributed by atoms with Crippen LogP contribution in [0.4, 0.5) is 0 Å². The second kappa shape index (κ2) is 4.86. The Morgan fingerprint density at radius 3 is 2.00 bits per heavy atom. The maximum absolute atomic E-state index is 12.0. The number of likely N-dealkylation sites (tertiary alicyclic amines) is 1. The lowest BCUT2D eigenvalue weighted by Crippen LogP contribution is -2.32. The highest BCUT2D eigenvalue weighted by Gasteiger charge is 2.33. The molecule has 2 heteroatoms. The summed E-state index contributed by atoms with van der Waals surface area (Å²) in [6.45, 7) is 6.01. The summed E-state index contributed by atoms with van der Waals surface area (Å²) in [5.41, 5.74) is 2.85. The zero-order valence-electron chi connectivity index (χ0n) is 10.3. The van der Waals surface area contributed by atoms with Crippen molar-refractivity contribution in [2.24, 2.45) is 5.92 Å². The van der Waals surface area contributed by atoms with Crippen LogP contribution < -0.4 is 0 Å². The summed E-state index contributed by atoms with van der Waals surface area (Å²) in [7, 11) is 0. The molecule has 1 amide bonds. The first-order chi connectivity index (χ1) is 7.76. The lowest BCUT2D eigenvalue weighted by molar-refractivity contribution is -0.132. The molecule has 2 rings (SSSR count). The standard InChI is InChI=1S/C14H21NO/c1-3-11-7-9-15(10-8-12(11)4-2)14(16)13-5-6-13/h3-4,13H,5-10H2,1-2H3/b11-3-,12-4-. The summed E-state index contributed by atoms with van der Waals surface area (Å²) >= 11 is 0. The van der Waals surface area contributed by atoms with Gasteiger partial charge >= 0.3 is 0 Å². The van der Waals surface area contributed by atoms with E-state index in [2.05, 4.69) is 30.9 Å². The predicted octanol–water partition coefficient (Wildman–Crippen LogP) is 2.91. The first-order valence-corrected chi connectivity index (χ1v) is 6.35. The van der Waals surface area contributed by atoms with E-state index in [-0.39, 0.29) is 0 Å². The monoisotopic (exact) mass is 219 g/mol. The Hall–Kier alpha value is -1.05. The molecule has 0 bridgehead atoms. The number of carbonyl (C=O) groups excluding carboxylic acids is 1. The number of allylic oxidation sites excluding steroid dienone is 2. The van der Waals surface area contributed by atoms with Crippen LogP contribution in [0.25, 0.3) is 0 Å². The Kier molecular flexibility index (Phi) is 3.47. The number of rotatable bonds is 1. The molecule has 0 radical (unpaired) electrons. The number of amides is 1. The SMILES string of the molecule is C/C=C1/CCN(C(=O)C2CC2)CC/C1=C/C. The molecular formula is C14H21NO. The molecule has 16 heavy (non-hydrogen) atoms. The van der Waals surface area contributed by atoms with Gasteiger partial charge in [0.15, 0.2) is 0 Å². The van der Waals surface area contributed by atoms with Gasteiger partial charge in [0.05, 0.1) is 0 Å². The number of hydrogen-bond donors (Lipinski definition) is 0. The fourth-order valence-electron chi connectivity index (χ4n) is 2.41. The minimum Gasteiger partial charge on any atom is -0.342 e. The van der Waals surface area contributed by atoms with Crippen molar-refractivity contribution in [1.82, 2.24) is 4.90 Å². The van der Waals surface area contributed by atoms with Gasteiger partial charge in [0.25, 0.3) is 0 Å². The highest BCUT2D eigenvalue weighted by Crippen LogP contribution is 2.32. The lowest BCUT2D eigenvalue weighted by atomic mass is 10.0. The van der Waals surface area contributed by atoms with Gasteiger partial charge in [-0.3, -0.25) is 4.79 Å². The van der Waals surface area contributed by atoms with E-state index in [9.17, 15) is 4.79 Å². The maximum atomic E-state index is 12.0. The molecule has 1 aliphatic carbocycles. The number of nitrogens with zero attached hydrogens (tertiary/aromatic N) is 1. The van der Waals surface area contributed by atoms with Crippen LogP contribution in [-0.2, 0) is 4.79 Å². The summed E-state index contributed by atoms with van der Waals surface area (Å²) in [4.78, 5) is 14.1. The summed E-state index contributed by atoms with van der Waals surface area (Å²) in [5.74, 6) is 0.758. The minimum absolute atomic E-state index is 0.362. The molecule has 1 saturated carbocycles. The average molecular weight is 219 g/mol. The van der Waals surface area contributed by atoms with Crippen LogP contribution in [0.1, 0.15) is 39.5 Å². The van der Waals surface area contributed by atoms with Crippen LogP contribution in [0.5, 0.6) is 0 Å². The second-order valence-corrected chi connectivity index (χ2v) is 4.73. The largest absolute Gasteiger partial charge is 0.342 e. The van der Waals surface area contributed by atoms with Crippen molar-refractivity contribution >= 4 is 5.91 Å². The smallest absolute Gasteiger partial charge is 0.225 e. The van der Waals surface area contributed by atoms with Gasteiger partial charge in [-0.2, -0.15) is 0 Å². The average Bonchev–Trinajstić information content (AvgIpc) is 3.13. The van der Waals surface area contributed by atoms with Gasteiger partial charge in [0.1, 0.15) is 0 Å². The van der Waals surface area contributed by atoms with Gasteiger partial charge < -0.3 is 4.90 Å². The van der Waals surface area contributed by atoms with Crippen molar-refractivity contribution in [3.05, 3.63) is 23.3 Å². The van der Waals surface area contributed by atoms with Gasteiger partial charge in [-0.25, -0.2) is 0 Å². The highest BCUT2D eigenvalue weighted by atomic mass is 16.2. The highest BCUT2D eigenvalue weighted by molar-refractivity contribution is 5.81. The molecule has 2 aliphatic rings. The Balaban J connectivity index is 2.03. The van der Waals surface area contributed by atoms with Crippen molar-refractivity contribution in [3.8, 4) is 0 Å². The fourth-order valence-corrected chi connectivity index (χ4v) is 2.41. The Morgan fingerprint density at radius 1 is 1.12 bits per heavy atom. The van der Waals surface area contributed by atoms with Crippen LogP contribution >= 0.6 is 0 Å². The number of hydrogen-bond acceptors (Lipinski definition) is 1. The topological polar surface area (TPSA) is 20.3 Å². The van der Waals surface area contributed by atoms with E-state index in [0.717, 1.165) is 38.8 Å². The maximum Gasteiger partial charge on any atom is 0.225 e. The molecule has 2 fully saturated rings. The van der Waals surface area contributed by atoms with E-state index in [1.165, 1.54) is 11.1 Å². The molecule has 0 atom stereocenters. The van der Waals surface area contributed by atoms with Crippen LogP contribution in [0.3, 0.4) is 0 Å². The molecular weight excluding hydrogens is 198 g/mol. The van der Waals surface area contributed by atoms with Crippen molar-refractivity contribution in [2.75, 3.05) is 13.1 Å². The molecule has 88 valence electrons. The first-order valence-electron chi connectivity index (χ1n) is 6.35. The quantitative estimate of drug-likeness (QED) is 0.664. The third-order valence-corrected chi connectivity index (χ3v) is 3.65. The van der Waals surface area contributed by atoms with Gasteiger partial charge in [-0.1, -0.05) is 12.2 Å². The lowest BCUT2D eigenvalue weighted by Gasteiger charge is -2.19. The fraction of sp³-hybridized carbons (Fsp3) is 0.643. The summed E-state index contributed by atoms with van der Waals surface area (Å²) in [5, 5.41) is 0. The Morgan fingerprint density at radius 2 is 1.62 bits per heavy atom. The summed E-state index contributed by atoms with van der Waals surface area (Å²) in [6.07, 6.45) is 8.66. The van der Waals surface area contributed by atoms with E-state index < -0.39 is 0 Å². The summed E-state index contributed by atoms with van der Waals surface area (Å²) < 4.78 is 0. The zero-order valence-corrected chi connectivity index (χ0v) is 10.3. The van der Waals surface area contributed by atoms with Gasteiger partial charge in [0.2, 0.25) is 5.91 Å². The van der Waals surface area contributed by atoms with Crippen LogP contribution in [0, 0.1) is 5.92 Å². The summed E-state index contributed by atoms with van der Waals surface area (Å²) in [6, 6.07) is 0. The number of carbonyl (C=O) groups is 1. The molecule has 1 aliphatic heterocycles. The van der Waals surface area contributed by atoms with E-state index in [1.807, 2.05) is 0 Å². The van der Waals surface area contributed by atoms with Crippen molar-refractivity contribution in [1.29, 1.82) is 0 Å². The second-order valence-electron chi connectivity index (χ2n) is 4.73. The molecule has 2 nitrogen and oxygen atoms in total. The molecule has 0 aromatic heterocycles. The third-order valence-electron chi connectivity index (χ3n) is 3.65. The van der Waals surface area contributed by atoms with E-state index in [0.29, 0.717) is 11.8 Å². The molecule has 0 unspecified atom stereocenters. The van der Waals surface area contributed by atoms with Crippen LogP contribution in [0.2, 0.25) is 0 Å². The third kappa shape index (κ3) is 2.37. The van der Waals surface area contributed by atoms with Crippen LogP contribution in [-0.4, -0.2) is 23.9 Å². The Bertz CT molecular complexity index is 315. The molecule has 0 aromatic carbocycles. The van der Waals surface area contributed by atoms with Crippen LogP contribution in [0.15, 0.2) is 23.3 Å². The van der Waals surface area contributed by atoms with E-state index in [4.69, 9.17) is 0 Å². The minimum atomic E-state index is 0.362. The zero-order chi connectivity index (χ0) is 11.5. The van der Waals surface area contributed by atoms with Gasteiger partial charge in [-0.05, 0) is 50.7 Å². The van der Waals surface area contributed by atoms with Gasteiger partial charge in [-0.15, -0.1) is 0 Å². The first kappa shape index (κ1) is 11.4. The van der Waals surface area contributed by atoms with Crippen molar-refractivity contribution < 1.29 is 4.79 Å². The molecule has 1 saturated heterocycles. The predicted molar refractivity (Wildman–Crippen MR) is 66.1 cm³/mol. The molecule has 0 aromatic rings. The van der Waals surface area contributed by atoms with E-state index >= 15 is 0 Å². The molecule has 1 heterocycles. The van der Waals surface area contributed by atoms with E-state index in [1.54, 1.807) is 0 Å². The molecule has 0 N–H and O–H groups in total. The van der Waals surface area contributed by atoms with Crippen molar-refractivity contribution in [3.63, 3.8) is 0 Å². The Labute approximate surface area is 98.0 Å². The normalized spacial score (nSPS) is 27.2. The van der Waals surface area contributed by atoms with Crippen molar-refractivity contribution in [2.45, 2.75) is 39.5 Å². The molecule has 0 spiro atoms. The van der Waals surface area contributed by atoms with Gasteiger partial charge in [0, 0.05) is 19.0 Å².